The summed E-state index contributed by atoms with van der Waals surface area (Å²) in [6.45, 7) is 5.22. The van der Waals surface area contributed by atoms with E-state index in [0.717, 1.165) is 12.8 Å². The van der Waals surface area contributed by atoms with Crippen LogP contribution in [0.15, 0.2) is 18.2 Å². The number of nitro benzene ring substituents is 1. The molecule has 1 aromatic rings. The lowest BCUT2D eigenvalue weighted by Crippen LogP contribution is -2.39. The van der Waals surface area contributed by atoms with E-state index < -0.39 is 4.92 Å². The minimum Gasteiger partial charge on any atom is -0.380 e. The molecule has 0 radical (unpaired) electrons. The van der Waals surface area contributed by atoms with Crippen molar-refractivity contribution in [3.8, 4) is 0 Å². The fraction of sp³-hybridized carbons (Fsp3) is 0.533. The average Bonchev–Trinajstić information content (AvgIpc) is 2.43. The second kappa shape index (κ2) is 6.11. The highest BCUT2D eigenvalue weighted by Crippen LogP contribution is 2.39. The number of hydrogen-bond acceptors (Lipinski definition) is 4. The molecule has 0 unspecified atom stereocenters. The van der Waals surface area contributed by atoms with Gasteiger partial charge in [-0.2, -0.15) is 0 Å². The summed E-state index contributed by atoms with van der Waals surface area (Å²) in [7, 11) is 0. The fourth-order valence-corrected chi connectivity index (χ4v) is 2.52. The molecule has 114 valence electrons. The van der Waals surface area contributed by atoms with Crippen molar-refractivity contribution in [1.29, 1.82) is 0 Å². The summed E-state index contributed by atoms with van der Waals surface area (Å²) >= 11 is 0. The van der Waals surface area contributed by atoms with Crippen molar-refractivity contribution >= 4 is 17.3 Å². The third-order valence-corrected chi connectivity index (χ3v) is 4.06. The molecule has 1 aromatic carbocycles. The molecule has 21 heavy (non-hydrogen) atoms. The number of rotatable bonds is 6. The van der Waals surface area contributed by atoms with Crippen molar-refractivity contribution in [2.24, 2.45) is 5.41 Å². The lowest BCUT2D eigenvalue weighted by molar-refractivity contribution is -0.384. The van der Waals surface area contributed by atoms with Crippen LogP contribution in [0.2, 0.25) is 0 Å². The molecule has 6 nitrogen and oxygen atoms in total. The van der Waals surface area contributed by atoms with Crippen molar-refractivity contribution < 1.29 is 9.72 Å². The summed E-state index contributed by atoms with van der Waals surface area (Å²) in [5, 5.41) is 16.9. The highest BCUT2D eigenvalue weighted by Gasteiger charge is 2.32. The molecule has 1 saturated carbocycles. The number of carbonyl (C=O) groups excluding carboxylic acids is 1. The third-order valence-electron chi connectivity index (χ3n) is 4.06. The Kier molecular flexibility index (Phi) is 4.45. The number of hydrogen-bond donors (Lipinski definition) is 2. The third kappa shape index (κ3) is 3.51. The van der Waals surface area contributed by atoms with E-state index in [1.807, 2.05) is 6.92 Å². The van der Waals surface area contributed by atoms with E-state index in [2.05, 4.69) is 17.6 Å². The summed E-state index contributed by atoms with van der Waals surface area (Å²) in [6.07, 6.45) is 3.44. The largest absolute Gasteiger partial charge is 0.380 e. The number of amides is 1. The Hall–Kier alpha value is -2.11. The fourth-order valence-electron chi connectivity index (χ4n) is 2.52. The Labute approximate surface area is 124 Å². The standard InChI is InChI=1S/C15H21N3O3/c1-3-16-12-6-5-11(9-13(12)18(20)21)14(19)17-10-15(2)7-4-8-15/h5-6,9,16H,3-4,7-8,10H2,1-2H3,(H,17,19). The zero-order valence-corrected chi connectivity index (χ0v) is 12.4. The number of benzene rings is 1. The van der Waals surface area contributed by atoms with Crippen LogP contribution in [0.25, 0.3) is 0 Å². The summed E-state index contributed by atoms with van der Waals surface area (Å²) in [5.74, 6) is -0.255. The van der Waals surface area contributed by atoms with Crippen LogP contribution in [0.3, 0.4) is 0 Å². The first-order valence-electron chi connectivity index (χ1n) is 7.26. The van der Waals surface area contributed by atoms with Gasteiger partial charge in [-0.1, -0.05) is 13.3 Å². The number of carbonyl (C=O) groups is 1. The van der Waals surface area contributed by atoms with Crippen molar-refractivity contribution in [2.75, 3.05) is 18.4 Å². The number of anilines is 1. The van der Waals surface area contributed by atoms with Gasteiger partial charge in [0.1, 0.15) is 5.69 Å². The monoisotopic (exact) mass is 291 g/mol. The number of nitro groups is 1. The first-order chi connectivity index (χ1) is 9.95. The van der Waals surface area contributed by atoms with Crippen LogP contribution in [0, 0.1) is 15.5 Å². The van der Waals surface area contributed by atoms with Crippen LogP contribution in [-0.2, 0) is 0 Å². The lowest BCUT2D eigenvalue weighted by atomic mass is 9.70. The van der Waals surface area contributed by atoms with Crippen molar-refractivity contribution in [2.45, 2.75) is 33.1 Å². The minimum absolute atomic E-state index is 0.0700. The van der Waals surface area contributed by atoms with Gasteiger partial charge in [-0.15, -0.1) is 0 Å². The van der Waals surface area contributed by atoms with Gasteiger partial charge in [0.15, 0.2) is 0 Å². The van der Waals surface area contributed by atoms with Gasteiger partial charge < -0.3 is 10.6 Å². The molecule has 0 aliphatic heterocycles. The molecule has 1 amide bonds. The van der Waals surface area contributed by atoms with Gasteiger partial charge in [0.2, 0.25) is 0 Å². The molecular weight excluding hydrogens is 270 g/mol. The molecule has 0 spiro atoms. The summed E-state index contributed by atoms with van der Waals surface area (Å²) in [5.41, 5.74) is 0.876. The number of nitrogens with zero attached hydrogens (tertiary/aromatic N) is 1. The molecular formula is C15H21N3O3. The van der Waals surface area contributed by atoms with E-state index in [1.165, 1.54) is 12.5 Å². The van der Waals surface area contributed by atoms with E-state index in [-0.39, 0.29) is 17.0 Å². The smallest absolute Gasteiger partial charge is 0.293 e. The molecule has 0 heterocycles. The van der Waals surface area contributed by atoms with Gasteiger partial charge in [-0.3, -0.25) is 14.9 Å². The molecule has 1 aliphatic carbocycles. The molecule has 6 heteroatoms. The normalized spacial score (nSPS) is 15.9. The van der Waals surface area contributed by atoms with Crippen LogP contribution in [0.4, 0.5) is 11.4 Å². The van der Waals surface area contributed by atoms with E-state index >= 15 is 0 Å². The molecule has 0 aromatic heterocycles. The summed E-state index contributed by atoms with van der Waals surface area (Å²) in [6, 6.07) is 4.53. The van der Waals surface area contributed by atoms with Crippen LogP contribution in [-0.4, -0.2) is 23.9 Å². The Morgan fingerprint density at radius 1 is 1.43 bits per heavy atom. The quantitative estimate of drug-likeness (QED) is 0.623. The van der Waals surface area contributed by atoms with E-state index in [4.69, 9.17) is 0 Å². The Balaban J connectivity index is 2.10. The van der Waals surface area contributed by atoms with Crippen molar-refractivity contribution in [3.63, 3.8) is 0 Å². The zero-order valence-electron chi connectivity index (χ0n) is 12.4. The Morgan fingerprint density at radius 2 is 2.14 bits per heavy atom. The van der Waals surface area contributed by atoms with E-state index in [0.29, 0.717) is 24.3 Å². The molecule has 1 aliphatic rings. The van der Waals surface area contributed by atoms with Gasteiger partial charge in [0.05, 0.1) is 4.92 Å². The summed E-state index contributed by atoms with van der Waals surface area (Å²) < 4.78 is 0. The summed E-state index contributed by atoms with van der Waals surface area (Å²) in [4.78, 5) is 22.7. The maximum atomic E-state index is 12.1. The minimum atomic E-state index is -0.470. The maximum absolute atomic E-state index is 12.1. The predicted molar refractivity (Wildman–Crippen MR) is 81.6 cm³/mol. The topological polar surface area (TPSA) is 84.3 Å². The molecule has 2 rings (SSSR count). The van der Waals surface area contributed by atoms with Gasteiger partial charge in [0, 0.05) is 24.7 Å². The van der Waals surface area contributed by atoms with Crippen LogP contribution < -0.4 is 10.6 Å². The highest BCUT2D eigenvalue weighted by atomic mass is 16.6. The first kappa shape index (κ1) is 15.3. The molecule has 0 saturated heterocycles. The second-order valence-corrected chi connectivity index (χ2v) is 5.87. The Bertz CT molecular complexity index is 553. The molecule has 1 fully saturated rings. The average molecular weight is 291 g/mol. The van der Waals surface area contributed by atoms with Gasteiger partial charge in [-0.05, 0) is 37.3 Å². The van der Waals surface area contributed by atoms with Crippen LogP contribution in [0.1, 0.15) is 43.5 Å². The van der Waals surface area contributed by atoms with E-state index in [1.54, 1.807) is 12.1 Å². The predicted octanol–water partition coefficient (Wildman–Crippen LogP) is 2.95. The van der Waals surface area contributed by atoms with Crippen molar-refractivity contribution in [3.05, 3.63) is 33.9 Å². The highest BCUT2D eigenvalue weighted by molar-refractivity contribution is 5.95. The molecule has 2 N–H and O–H groups in total. The van der Waals surface area contributed by atoms with Crippen LogP contribution >= 0.6 is 0 Å². The SMILES string of the molecule is CCNc1ccc(C(=O)NCC2(C)CCC2)cc1[N+](=O)[O-]. The Morgan fingerprint density at radius 3 is 2.67 bits per heavy atom. The lowest BCUT2D eigenvalue weighted by Gasteiger charge is -2.38. The molecule has 0 atom stereocenters. The van der Waals surface area contributed by atoms with Gasteiger partial charge in [0.25, 0.3) is 11.6 Å². The van der Waals surface area contributed by atoms with Gasteiger partial charge >= 0.3 is 0 Å². The van der Waals surface area contributed by atoms with Gasteiger partial charge in [-0.25, -0.2) is 0 Å². The van der Waals surface area contributed by atoms with Crippen molar-refractivity contribution in [1.82, 2.24) is 5.32 Å². The number of nitrogens with one attached hydrogen (secondary N) is 2. The molecule has 0 bridgehead atoms. The zero-order chi connectivity index (χ0) is 15.5. The maximum Gasteiger partial charge on any atom is 0.293 e. The van der Waals surface area contributed by atoms with E-state index in [9.17, 15) is 14.9 Å². The van der Waals surface area contributed by atoms with Crippen LogP contribution in [0.5, 0.6) is 0 Å². The second-order valence-electron chi connectivity index (χ2n) is 5.87. The first-order valence-corrected chi connectivity index (χ1v) is 7.26.